The maximum Gasteiger partial charge on any atom is 0.134 e. The molecule has 1 heterocycles. The Kier molecular flexibility index (Phi) is 5.21. The van der Waals surface area contributed by atoms with E-state index in [1.54, 1.807) is 6.33 Å². The molecular weight excluding hydrogens is 248 g/mol. The van der Waals surface area contributed by atoms with Crippen molar-refractivity contribution in [2.24, 2.45) is 11.8 Å². The van der Waals surface area contributed by atoms with E-state index in [4.69, 9.17) is 0 Å². The highest BCUT2D eigenvalue weighted by Crippen LogP contribution is 2.32. The molecule has 1 saturated carbocycles. The average molecular weight is 276 g/mol. The van der Waals surface area contributed by atoms with Gasteiger partial charge in [-0.1, -0.05) is 27.2 Å². The third-order valence-electron chi connectivity index (χ3n) is 4.62. The Labute approximate surface area is 122 Å². The van der Waals surface area contributed by atoms with E-state index in [0.29, 0.717) is 6.04 Å². The zero-order valence-electron chi connectivity index (χ0n) is 13.2. The molecule has 3 unspecified atom stereocenters. The molecule has 1 aliphatic carbocycles. The first-order chi connectivity index (χ1) is 9.65. The predicted molar refractivity (Wildman–Crippen MR) is 85.2 cm³/mol. The van der Waals surface area contributed by atoms with Crippen LogP contribution >= 0.6 is 0 Å². The first-order valence-electron chi connectivity index (χ1n) is 7.93. The lowest BCUT2D eigenvalue weighted by Crippen LogP contribution is -2.31. The first kappa shape index (κ1) is 15.1. The quantitative estimate of drug-likeness (QED) is 0.861. The van der Waals surface area contributed by atoms with Crippen molar-refractivity contribution in [3.8, 4) is 0 Å². The van der Waals surface area contributed by atoms with Gasteiger partial charge in [-0.25, -0.2) is 9.97 Å². The molecule has 0 aliphatic heterocycles. The van der Waals surface area contributed by atoms with E-state index in [0.717, 1.165) is 36.3 Å². The lowest BCUT2D eigenvalue weighted by atomic mass is 9.79. The molecule has 2 rings (SSSR count). The van der Waals surface area contributed by atoms with E-state index in [-0.39, 0.29) is 0 Å². The van der Waals surface area contributed by atoms with Gasteiger partial charge in [-0.2, -0.15) is 0 Å². The van der Waals surface area contributed by atoms with Crippen molar-refractivity contribution >= 4 is 11.6 Å². The van der Waals surface area contributed by atoms with E-state index in [1.165, 1.54) is 24.8 Å². The fourth-order valence-electron chi connectivity index (χ4n) is 3.11. The van der Waals surface area contributed by atoms with Crippen molar-refractivity contribution in [3.05, 3.63) is 11.9 Å². The van der Waals surface area contributed by atoms with Crippen LogP contribution in [0.15, 0.2) is 6.33 Å². The molecule has 1 fully saturated rings. The third kappa shape index (κ3) is 3.41. The van der Waals surface area contributed by atoms with Crippen molar-refractivity contribution < 1.29 is 0 Å². The molecule has 0 amide bonds. The summed E-state index contributed by atoms with van der Waals surface area (Å²) < 4.78 is 0. The van der Waals surface area contributed by atoms with Gasteiger partial charge in [0.2, 0.25) is 0 Å². The van der Waals surface area contributed by atoms with Crippen LogP contribution in [0.4, 0.5) is 11.6 Å². The van der Waals surface area contributed by atoms with Crippen LogP contribution in [-0.4, -0.2) is 23.1 Å². The van der Waals surface area contributed by atoms with E-state index < -0.39 is 0 Å². The van der Waals surface area contributed by atoms with Crippen molar-refractivity contribution in [2.75, 3.05) is 17.7 Å². The van der Waals surface area contributed by atoms with Crippen LogP contribution in [0.5, 0.6) is 0 Å². The smallest absolute Gasteiger partial charge is 0.134 e. The second-order valence-corrected chi connectivity index (χ2v) is 6.16. The summed E-state index contributed by atoms with van der Waals surface area (Å²) in [5.41, 5.74) is 1.23. The molecule has 0 aromatic carbocycles. The van der Waals surface area contributed by atoms with Crippen LogP contribution in [0.3, 0.4) is 0 Å². The number of nitrogens with zero attached hydrogens (tertiary/aromatic N) is 2. The zero-order valence-corrected chi connectivity index (χ0v) is 13.2. The van der Waals surface area contributed by atoms with E-state index in [2.05, 4.69) is 41.4 Å². The highest BCUT2D eigenvalue weighted by molar-refractivity contribution is 5.57. The van der Waals surface area contributed by atoms with E-state index in [1.807, 2.05) is 7.05 Å². The van der Waals surface area contributed by atoms with Crippen LogP contribution < -0.4 is 10.6 Å². The van der Waals surface area contributed by atoms with Gasteiger partial charge in [-0.3, -0.25) is 0 Å². The fourth-order valence-corrected chi connectivity index (χ4v) is 3.11. The minimum atomic E-state index is 0.552. The predicted octanol–water partition coefficient (Wildman–Crippen LogP) is 3.71. The minimum absolute atomic E-state index is 0.552. The second-order valence-electron chi connectivity index (χ2n) is 6.16. The summed E-state index contributed by atoms with van der Waals surface area (Å²) in [6, 6.07) is 0.552. The Morgan fingerprint density at radius 2 is 1.90 bits per heavy atom. The average Bonchev–Trinajstić information content (AvgIpc) is 2.45. The lowest BCUT2D eigenvalue weighted by Gasteiger charge is -2.33. The normalized spacial score (nSPS) is 26.3. The molecule has 112 valence electrons. The largest absolute Gasteiger partial charge is 0.373 e. The molecule has 0 radical (unpaired) electrons. The number of hydrogen-bond donors (Lipinski definition) is 2. The van der Waals surface area contributed by atoms with Crippen molar-refractivity contribution in [3.63, 3.8) is 0 Å². The Hall–Kier alpha value is -1.32. The monoisotopic (exact) mass is 276 g/mol. The van der Waals surface area contributed by atoms with Gasteiger partial charge >= 0.3 is 0 Å². The minimum Gasteiger partial charge on any atom is -0.373 e. The summed E-state index contributed by atoms with van der Waals surface area (Å²) in [7, 11) is 1.93. The Balaban J connectivity index is 2.12. The third-order valence-corrected chi connectivity index (χ3v) is 4.62. The summed E-state index contributed by atoms with van der Waals surface area (Å²) >= 11 is 0. The van der Waals surface area contributed by atoms with Crippen molar-refractivity contribution in [1.82, 2.24) is 9.97 Å². The summed E-state index contributed by atoms with van der Waals surface area (Å²) in [5, 5.41) is 6.85. The molecule has 1 aromatic rings. The van der Waals surface area contributed by atoms with Crippen molar-refractivity contribution in [2.45, 2.75) is 58.9 Å². The number of nitrogens with one attached hydrogen (secondary N) is 2. The Morgan fingerprint density at radius 1 is 1.15 bits per heavy atom. The summed E-state index contributed by atoms with van der Waals surface area (Å²) in [5.74, 6) is 3.63. The molecule has 3 atom stereocenters. The lowest BCUT2D eigenvalue weighted by molar-refractivity contribution is 0.260. The number of anilines is 2. The highest BCUT2D eigenvalue weighted by atomic mass is 15.1. The molecule has 0 saturated heterocycles. The topological polar surface area (TPSA) is 49.8 Å². The van der Waals surface area contributed by atoms with Gasteiger partial charge in [0, 0.05) is 18.7 Å². The first-order valence-corrected chi connectivity index (χ1v) is 7.93. The van der Waals surface area contributed by atoms with E-state index >= 15 is 0 Å². The van der Waals surface area contributed by atoms with Gasteiger partial charge in [0.1, 0.15) is 18.0 Å². The molecule has 2 N–H and O–H groups in total. The van der Waals surface area contributed by atoms with Gasteiger partial charge in [0.05, 0.1) is 0 Å². The number of aromatic nitrogens is 2. The molecule has 4 nitrogen and oxygen atoms in total. The molecule has 1 aromatic heterocycles. The molecule has 20 heavy (non-hydrogen) atoms. The van der Waals surface area contributed by atoms with Crippen LogP contribution in [0.25, 0.3) is 0 Å². The van der Waals surface area contributed by atoms with Crippen molar-refractivity contribution in [1.29, 1.82) is 0 Å². The molecule has 0 spiro atoms. The maximum absolute atomic E-state index is 4.48. The second kappa shape index (κ2) is 6.91. The van der Waals surface area contributed by atoms with Gasteiger partial charge in [-0.15, -0.1) is 0 Å². The number of hydrogen-bond acceptors (Lipinski definition) is 4. The Bertz CT molecular complexity index is 432. The fraction of sp³-hybridized carbons (Fsp3) is 0.750. The summed E-state index contributed by atoms with van der Waals surface area (Å²) in [6.45, 7) is 6.93. The maximum atomic E-state index is 4.48. The van der Waals surface area contributed by atoms with Gasteiger partial charge < -0.3 is 10.6 Å². The molecular formula is C16H28N4. The molecule has 1 aliphatic rings. The SMILES string of the molecule is CCCc1c(NC)ncnc1NC1CCC(C)C(C)C1. The standard InChI is InChI=1S/C16H28N4/c1-5-6-14-15(17-4)18-10-19-16(14)20-13-8-7-11(2)12(3)9-13/h10-13H,5-9H2,1-4H3,(H2,17,18,19,20). The van der Waals surface area contributed by atoms with Crippen LogP contribution in [-0.2, 0) is 6.42 Å². The Morgan fingerprint density at radius 3 is 2.55 bits per heavy atom. The van der Waals surface area contributed by atoms with Gasteiger partial charge in [-0.05, 0) is 37.5 Å². The highest BCUT2D eigenvalue weighted by Gasteiger charge is 2.25. The van der Waals surface area contributed by atoms with Crippen LogP contribution in [0.1, 0.15) is 52.0 Å². The van der Waals surface area contributed by atoms with Crippen LogP contribution in [0, 0.1) is 11.8 Å². The molecule has 4 heteroatoms. The van der Waals surface area contributed by atoms with Crippen LogP contribution in [0.2, 0.25) is 0 Å². The summed E-state index contributed by atoms with van der Waals surface area (Å²) in [6.07, 6.45) is 7.57. The van der Waals surface area contributed by atoms with Gasteiger partial charge in [0.25, 0.3) is 0 Å². The van der Waals surface area contributed by atoms with Gasteiger partial charge in [0.15, 0.2) is 0 Å². The summed E-state index contributed by atoms with van der Waals surface area (Å²) in [4.78, 5) is 8.82. The zero-order chi connectivity index (χ0) is 14.5. The van der Waals surface area contributed by atoms with E-state index in [9.17, 15) is 0 Å². The number of rotatable bonds is 5. The molecule has 0 bridgehead atoms.